The number of H-pyrrole nitrogens is 1. The molecule has 0 saturated heterocycles. The number of nitrogens with one attached hydrogen (secondary N) is 2. The number of rotatable bonds is 6. The van der Waals surface area contributed by atoms with Crippen LogP contribution >= 0.6 is 11.3 Å². The van der Waals surface area contributed by atoms with Crippen LogP contribution in [-0.4, -0.2) is 18.6 Å². The Labute approximate surface area is 110 Å². The van der Waals surface area contributed by atoms with E-state index >= 15 is 0 Å². The highest BCUT2D eigenvalue weighted by Gasteiger charge is 1.97. The molecule has 1 heterocycles. The van der Waals surface area contributed by atoms with Gasteiger partial charge in [-0.25, -0.2) is 0 Å². The Morgan fingerprint density at radius 3 is 2.72 bits per heavy atom. The van der Waals surface area contributed by atoms with E-state index in [1.54, 1.807) is 7.11 Å². The predicted molar refractivity (Wildman–Crippen MR) is 73.3 cm³/mol. The predicted octanol–water partition coefficient (Wildman–Crippen LogP) is 1.78. The molecule has 18 heavy (non-hydrogen) atoms. The van der Waals surface area contributed by atoms with Gasteiger partial charge in [-0.15, -0.1) is 0 Å². The third kappa shape index (κ3) is 3.72. The van der Waals surface area contributed by atoms with Gasteiger partial charge in [0.1, 0.15) is 5.75 Å². The van der Waals surface area contributed by atoms with E-state index in [-0.39, 0.29) is 4.87 Å². The molecule has 2 N–H and O–H groups in total. The van der Waals surface area contributed by atoms with E-state index in [2.05, 4.69) is 22.4 Å². The van der Waals surface area contributed by atoms with Crippen LogP contribution in [0.15, 0.2) is 34.4 Å². The summed E-state index contributed by atoms with van der Waals surface area (Å²) in [6, 6.07) is 8.05. The second-order valence-electron chi connectivity index (χ2n) is 3.95. The number of hydrogen-bond donors (Lipinski definition) is 2. The minimum absolute atomic E-state index is 0.00181. The lowest BCUT2D eigenvalue weighted by molar-refractivity contribution is 0.414. The van der Waals surface area contributed by atoms with Gasteiger partial charge in [0.25, 0.3) is 0 Å². The van der Waals surface area contributed by atoms with Crippen molar-refractivity contribution in [3.8, 4) is 5.75 Å². The number of benzene rings is 1. The lowest BCUT2D eigenvalue weighted by atomic mass is 10.1. The zero-order chi connectivity index (χ0) is 12.8. The summed E-state index contributed by atoms with van der Waals surface area (Å²) in [5.41, 5.74) is 2.21. The highest BCUT2D eigenvalue weighted by Crippen LogP contribution is 2.11. The molecule has 1 aromatic heterocycles. The molecule has 0 atom stereocenters. The van der Waals surface area contributed by atoms with Crippen LogP contribution in [0.2, 0.25) is 0 Å². The normalized spacial score (nSPS) is 10.5. The Bertz CT molecular complexity index is 530. The van der Waals surface area contributed by atoms with Crippen molar-refractivity contribution in [2.24, 2.45) is 0 Å². The standard InChI is InChI=1S/C13H16N2O2S/c1-17-12-4-2-10(3-5-12)6-7-14-8-11-9-18-13(16)15-11/h2-5,9,14H,6-8H2,1H3,(H,15,16). The van der Waals surface area contributed by atoms with Crippen LogP contribution in [0.5, 0.6) is 5.75 Å². The highest BCUT2D eigenvalue weighted by atomic mass is 32.1. The van der Waals surface area contributed by atoms with Gasteiger partial charge in [0.05, 0.1) is 7.11 Å². The van der Waals surface area contributed by atoms with E-state index in [1.807, 2.05) is 17.5 Å². The molecule has 4 nitrogen and oxygen atoms in total. The monoisotopic (exact) mass is 264 g/mol. The molecule has 0 fully saturated rings. The average Bonchev–Trinajstić information content (AvgIpc) is 2.81. The van der Waals surface area contributed by atoms with Crippen LogP contribution in [0.4, 0.5) is 0 Å². The molecule has 0 bridgehead atoms. The van der Waals surface area contributed by atoms with Crippen LogP contribution < -0.4 is 14.9 Å². The fourth-order valence-corrected chi connectivity index (χ4v) is 2.23. The van der Waals surface area contributed by atoms with E-state index < -0.39 is 0 Å². The van der Waals surface area contributed by atoms with Crippen molar-refractivity contribution in [3.63, 3.8) is 0 Å². The molecule has 0 spiro atoms. The molecule has 5 heteroatoms. The van der Waals surface area contributed by atoms with Crippen LogP contribution in [0.25, 0.3) is 0 Å². The molecule has 2 rings (SSSR count). The van der Waals surface area contributed by atoms with Crippen molar-refractivity contribution in [1.82, 2.24) is 10.3 Å². The maximum absolute atomic E-state index is 10.9. The molecule has 0 amide bonds. The first-order chi connectivity index (χ1) is 8.78. The third-order valence-corrected chi connectivity index (χ3v) is 3.35. The van der Waals surface area contributed by atoms with Crippen molar-refractivity contribution >= 4 is 11.3 Å². The molecule has 0 unspecified atom stereocenters. The Morgan fingerprint density at radius 1 is 1.33 bits per heavy atom. The second kappa shape index (κ2) is 6.37. The molecular formula is C13H16N2O2S. The summed E-state index contributed by atoms with van der Waals surface area (Å²) in [5.74, 6) is 0.877. The van der Waals surface area contributed by atoms with Gasteiger partial charge in [-0.2, -0.15) is 0 Å². The van der Waals surface area contributed by atoms with Crippen LogP contribution in [-0.2, 0) is 13.0 Å². The van der Waals surface area contributed by atoms with Gasteiger partial charge in [0, 0.05) is 17.6 Å². The number of ether oxygens (including phenoxy) is 1. The molecule has 0 radical (unpaired) electrons. The van der Waals surface area contributed by atoms with Crippen LogP contribution in [0.3, 0.4) is 0 Å². The van der Waals surface area contributed by atoms with Gasteiger partial charge < -0.3 is 15.0 Å². The Balaban J connectivity index is 1.73. The summed E-state index contributed by atoms with van der Waals surface area (Å²) in [5, 5.41) is 5.15. The maximum Gasteiger partial charge on any atom is 0.304 e. The van der Waals surface area contributed by atoms with E-state index in [0.29, 0.717) is 6.54 Å². The molecule has 0 aliphatic heterocycles. The summed E-state index contributed by atoms with van der Waals surface area (Å²) in [6.07, 6.45) is 0.957. The fraction of sp³-hybridized carbons (Fsp3) is 0.308. The Kier molecular flexibility index (Phi) is 4.55. The van der Waals surface area contributed by atoms with Gasteiger partial charge in [0.15, 0.2) is 0 Å². The maximum atomic E-state index is 10.9. The van der Waals surface area contributed by atoms with E-state index in [4.69, 9.17) is 4.74 Å². The quantitative estimate of drug-likeness (QED) is 0.782. The zero-order valence-electron chi connectivity index (χ0n) is 10.2. The molecular weight excluding hydrogens is 248 g/mol. The number of hydrogen-bond acceptors (Lipinski definition) is 4. The van der Waals surface area contributed by atoms with Crippen molar-refractivity contribution in [2.75, 3.05) is 13.7 Å². The van der Waals surface area contributed by atoms with Gasteiger partial charge in [-0.1, -0.05) is 23.5 Å². The third-order valence-electron chi connectivity index (χ3n) is 2.64. The lowest BCUT2D eigenvalue weighted by Gasteiger charge is -2.04. The van der Waals surface area contributed by atoms with Gasteiger partial charge in [0.2, 0.25) is 0 Å². The fourth-order valence-electron chi connectivity index (χ4n) is 1.65. The SMILES string of the molecule is COc1ccc(CCNCc2csc(=O)[nH]2)cc1. The largest absolute Gasteiger partial charge is 0.497 e. The summed E-state index contributed by atoms with van der Waals surface area (Å²) in [4.78, 5) is 13.7. The molecule has 96 valence electrons. The van der Waals surface area contributed by atoms with Crippen LogP contribution in [0.1, 0.15) is 11.3 Å². The molecule has 1 aromatic carbocycles. The van der Waals surface area contributed by atoms with E-state index in [1.165, 1.54) is 16.9 Å². The highest BCUT2D eigenvalue weighted by molar-refractivity contribution is 7.07. The minimum atomic E-state index is 0.00181. The Hall–Kier alpha value is -1.59. The van der Waals surface area contributed by atoms with Crippen molar-refractivity contribution in [1.29, 1.82) is 0 Å². The number of thiazole rings is 1. The number of aromatic amines is 1. The Morgan fingerprint density at radius 2 is 2.11 bits per heavy atom. The number of aromatic nitrogens is 1. The summed E-state index contributed by atoms with van der Waals surface area (Å²) < 4.78 is 5.11. The summed E-state index contributed by atoms with van der Waals surface area (Å²) in [7, 11) is 1.66. The first-order valence-electron chi connectivity index (χ1n) is 5.78. The topological polar surface area (TPSA) is 54.1 Å². The molecule has 0 aliphatic rings. The summed E-state index contributed by atoms with van der Waals surface area (Å²) in [6.45, 7) is 1.58. The molecule has 0 aliphatic carbocycles. The average molecular weight is 264 g/mol. The van der Waals surface area contributed by atoms with Crippen molar-refractivity contribution in [3.05, 3.63) is 50.6 Å². The van der Waals surface area contributed by atoms with Gasteiger partial charge in [-0.3, -0.25) is 4.79 Å². The van der Waals surface area contributed by atoms with Crippen molar-refractivity contribution < 1.29 is 4.74 Å². The first-order valence-corrected chi connectivity index (χ1v) is 6.66. The zero-order valence-corrected chi connectivity index (χ0v) is 11.0. The number of methoxy groups -OCH3 is 1. The summed E-state index contributed by atoms with van der Waals surface area (Å²) >= 11 is 1.20. The van der Waals surface area contributed by atoms with E-state index in [0.717, 1.165) is 24.4 Å². The minimum Gasteiger partial charge on any atom is -0.497 e. The smallest absolute Gasteiger partial charge is 0.304 e. The van der Waals surface area contributed by atoms with E-state index in [9.17, 15) is 4.79 Å². The molecule has 2 aromatic rings. The lowest BCUT2D eigenvalue weighted by Crippen LogP contribution is -2.17. The van der Waals surface area contributed by atoms with Gasteiger partial charge in [-0.05, 0) is 30.7 Å². The first kappa shape index (κ1) is 12.9. The van der Waals surface area contributed by atoms with Crippen LogP contribution in [0, 0.1) is 0 Å². The second-order valence-corrected chi connectivity index (χ2v) is 4.79. The van der Waals surface area contributed by atoms with Crippen molar-refractivity contribution in [2.45, 2.75) is 13.0 Å². The molecule has 0 saturated carbocycles. The van der Waals surface area contributed by atoms with Gasteiger partial charge >= 0.3 is 4.87 Å².